The predicted octanol–water partition coefficient (Wildman–Crippen LogP) is 4.23. The van der Waals surface area contributed by atoms with Crippen molar-refractivity contribution in [3.05, 3.63) is 94.4 Å². The van der Waals surface area contributed by atoms with Crippen molar-refractivity contribution in [2.75, 3.05) is 31.1 Å². The molecule has 0 radical (unpaired) electrons. The molecular weight excluding hydrogens is 460 g/mol. The second kappa shape index (κ2) is 11.1. The van der Waals surface area contributed by atoms with Gasteiger partial charge in [-0.25, -0.2) is 9.50 Å². The lowest BCUT2D eigenvalue weighted by molar-refractivity contribution is -0.121. The smallest absolute Gasteiger partial charge is 0.220 e. The fourth-order valence-electron chi connectivity index (χ4n) is 5.25. The highest BCUT2D eigenvalue weighted by molar-refractivity contribution is 5.76. The summed E-state index contributed by atoms with van der Waals surface area (Å²) in [5.41, 5.74) is 8.69. The first-order chi connectivity index (χ1) is 18.0. The molecule has 4 aromatic rings. The van der Waals surface area contributed by atoms with Crippen LogP contribution in [-0.2, 0) is 24.3 Å². The molecule has 0 saturated carbocycles. The molecule has 3 heterocycles. The van der Waals surface area contributed by atoms with Crippen molar-refractivity contribution < 1.29 is 4.79 Å². The van der Waals surface area contributed by atoms with Gasteiger partial charge in [-0.1, -0.05) is 42.5 Å². The summed E-state index contributed by atoms with van der Waals surface area (Å²) >= 11 is 0. The van der Waals surface area contributed by atoms with E-state index in [4.69, 9.17) is 0 Å². The second-order valence-corrected chi connectivity index (χ2v) is 9.96. The SMILES string of the molecule is Cc1cc2nc(C)c(CCC(=O)NCc3ccccc3CN3CCN(c4ccccc4)CC3)c(C)n2n1. The van der Waals surface area contributed by atoms with Gasteiger partial charge >= 0.3 is 0 Å². The minimum Gasteiger partial charge on any atom is -0.369 e. The molecule has 1 saturated heterocycles. The maximum atomic E-state index is 12.8. The number of aromatic nitrogens is 3. The first kappa shape index (κ1) is 25.0. The Morgan fingerprint density at radius 1 is 0.919 bits per heavy atom. The number of piperazine rings is 1. The van der Waals surface area contributed by atoms with E-state index in [0.29, 0.717) is 19.4 Å². The lowest BCUT2D eigenvalue weighted by atomic mass is 10.0. The summed E-state index contributed by atoms with van der Waals surface area (Å²) < 4.78 is 1.88. The number of fused-ring (bicyclic) bond motifs is 1. The molecule has 1 N–H and O–H groups in total. The highest BCUT2D eigenvalue weighted by atomic mass is 16.1. The summed E-state index contributed by atoms with van der Waals surface area (Å²) in [7, 11) is 0. The number of carbonyl (C=O) groups excluding carboxylic acids is 1. The summed E-state index contributed by atoms with van der Waals surface area (Å²) in [6, 6.07) is 21.1. The van der Waals surface area contributed by atoms with Crippen molar-refractivity contribution in [2.45, 2.75) is 46.7 Å². The van der Waals surface area contributed by atoms with Crippen LogP contribution in [-0.4, -0.2) is 51.6 Å². The van der Waals surface area contributed by atoms with Crippen LogP contribution in [0.5, 0.6) is 0 Å². The monoisotopic (exact) mass is 496 g/mol. The number of hydrogen-bond donors (Lipinski definition) is 1. The van der Waals surface area contributed by atoms with Gasteiger partial charge in [0.25, 0.3) is 0 Å². The highest BCUT2D eigenvalue weighted by Gasteiger charge is 2.18. The normalized spacial score (nSPS) is 14.3. The van der Waals surface area contributed by atoms with Crippen molar-refractivity contribution >= 4 is 17.2 Å². The van der Waals surface area contributed by atoms with Gasteiger partial charge in [0.2, 0.25) is 5.91 Å². The molecule has 0 spiro atoms. The summed E-state index contributed by atoms with van der Waals surface area (Å²) in [5.74, 6) is 0.0572. The molecule has 7 nitrogen and oxygen atoms in total. The van der Waals surface area contributed by atoms with Crippen molar-refractivity contribution in [3.8, 4) is 0 Å². The van der Waals surface area contributed by atoms with Crippen molar-refractivity contribution in [3.63, 3.8) is 0 Å². The molecule has 37 heavy (non-hydrogen) atoms. The van der Waals surface area contributed by atoms with E-state index in [9.17, 15) is 4.79 Å². The first-order valence-corrected chi connectivity index (χ1v) is 13.2. The van der Waals surface area contributed by atoms with Gasteiger partial charge < -0.3 is 10.2 Å². The molecule has 0 unspecified atom stereocenters. The zero-order valence-electron chi connectivity index (χ0n) is 22.1. The fraction of sp³-hybridized carbons (Fsp3) is 0.367. The summed E-state index contributed by atoms with van der Waals surface area (Å²) in [6.45, 7) is 11.6. The van der Waals surface area contributed by atoms with Crippen molar-refractivity contribution in [1.29, 1.82) is 0 Å². The topological polar surface area (TPSA) is 65.8 Å². The van der Waals surface area contributed by atoms with Gasteiger partial charge in [0.05, 0.1) is 5.69 Å². The van der Waals surface area contributed by atoms with Crippen LogP contribution in [0.25, 0.3) is 5.65 Å². The van der Waals surface area contributed by atoms with Gasteiger partial charge in [-0.05, 0) is 56.0 Å². The molecule has 1 fully saturated rings. The number of nitrogens with one attached hydrogen (secondary N) is 1. The van der Waals surface area contributed by atoms with E-state index in [1.54, 1.807) is 0 Å². The molecule has 0 aliphatic carbocycles. The van der Waals surface area contributed by atoms with Crippen LogP contribution in [0.4, 0.5) is 5.69 Å². The highest BCUT2D eigenvalue weighted by Crippen LogP contribution is 2.19. The number of carbonyl (C=O) groups is 1. The minimum absolute atomic E-state index is 0.0572. The van der Waals surface area contributed by atoms with E-state index in [1.807, 2.05) is 24.4 Å². The summed E-state index contributed by atoms with van der Waals surface area (Å²) in [5, 5.41) is 7.69. The zero-order valence-corrected chi connectivity index (χ0v) is 22.1. The quantitative estimate of drug-likeness (QED) is 0.396. The molecule has 1 amide bonds. The van der Waals surface area contributed by atoms with E-state index in [-0.39, 0.29) is 5.91 Å². The van der Waals surface area contributed by atoms with E-state index >= 15 is 0 Å². The summed E-state index contributed by atoms with van der Waals surface area (Å²) in [4.78, 5) is 22.4. The number of hydrogen-bond acceptors (Lipinski definition) is 5. The van der Waals surface area contributed by atoms with E-state index < -0.39 is 0 Å². The number of rotatable bonds is 8. The van der Waals surface area contributed by atoms with Gasteiger partial charge in [0, 0.05) is 68.8 Å². The third-order valence-corrected chi connectivity index (χ3v) is 7.37. The number of aryl methyl sites for hydroxylation is 3. The lowest BCUT2D eigenvalue weighted by Crippen LogP contribution is -2.46. The maximum Gasteiger partial charge on any atom is 0.220 e. The largest absolute Gasteiger partial charge is 0.369 e. The molecule has 1 aliphatic heterocycles. The van der Waals surface area contributed by atoms with Crippen LogP contribution in [0.2, 0.25) is 0 Å². The Kier molecular flexibility index (Phi) is 7.51. The van der Waals surface area contributed by atoms with Crippen molar-refractivity contribution in [1.82, 2.24) is 24.8 Å². The van der Waals surface area contributed by atoms with Crippen LogP contribution >= 0.6 is 0 Å². The third kappa shape index (κ3) is 5.83. The fourth-order valence-corrected chi connectivity index (χ4v) is 5.25. The molecule has 2 aromatic heterocycles. The Hall–Kier alpha value is -3.71. The van der Waals surface area contributed by atoms with Gasteiger partial charge in [-0.3, -0.25) is 9.69 Å². The third-order valence-electron chi connectivity index (χ3n) is 7.37. The Balaban J connectivity index is 1.14. The summed E-state index contributed by atoms with van der Waals surface area (Å²) in [6.07, 6.45) is 1.08. The molecule has 192 valence electrons. The molecule has 5 rings (SSSR count). The van der Waals surface area contributed by atoms with Gasteiger partial charge in [-0.2, -0.15) is 5.10 Å². The average molecular weight is 497 g/mol. The van der Waals surface area contributed by atoms with Crippen LogP contribution in [0, 0.1) is 20.8 Å². The standard InChI is InChI=1S/C30H36N6O/c1-22-19-29-32-23(2)28(24(3)36(29)33-22)13-14-30(37)31-20-25-9-7-8-10-26(25)21-34-15-17-35(18-16-34)27-11-5-4-6-12-27/h4-12,19H,13-18,20-21H2,1-3H3,(H,31,37). The first-order valence-electron chi connectivity index (χ1n) is 13.2. The van der Waals surface area contributed by atoms with E-state index in [2.05, 4.69) is 86.7 Å². The predicted molar refractivity (Wildman–Crippen MR) is 148 cm³/mol. The zero-order chi connectivity index (χ0) is 25.8. The molecule has 7 heteroatoms. The van der Waals surface area contributed by atoms with Crippen LogP contribution in [0.1, 0.15) is 40.2 Å². The van der Waals surface area contributed by atoms with E-state index in [1.165, 1.54) is 16.8 Å². The number of amides is 1. The van der Waals surface area contributed by atoms with Crippen molar-refractivity contribution in [2.24, 2.45) is 0 Å². The minimum atomic E-state index is 0.0572. The average Bonchev–Trinajstić information content (AvgIpc) is 3.29. The Labute approximate surface area is 219 Å². The second-order valence-electron chi connectivity index (χ2n) is 9.96. The molecule has 1 aliphatic rings. The van der Waals surface area contributed by atoms with E-state index in [0.717, 1.165) is 61.0 Å². The maximum absolute atomic E-state index is 12.8. The molecule has 0 bridgehead atoms. The number of nitrogens with zero attached hydrogens (tertiary/aromatic N) is 5. The van der Waals surface area contributed by atoms with Gasteiger partial charge in [0.1, 0.15) is 0 Å². The van der Waals surface area contributed by atoms with Crippen LogP contribution in [0.15, 0.2) is 60.7 Å². The Morgan fingerprint density at radius 3 is 2.38 bits per heavy atom. The molecular formula is C30H36N6O. The number of benzene rings is 2. The Morgan fingerprint density at radius 2 is 1.62 bits per heavy atom. The van der Waals surface area contributed by atoms with Crippen LogP contribution < -0.4 is 10.2 Å². The molecule has 0 atom stereocenters. The van der Waals surface area contributed by atoms with Crippen LogP contribution in [0.3, 0.4) is 0 Å². The molecule has 2 aromatic carbocycles. The van der Waals surface area contributed by atoms with Gasteiger partial charge in [-0.15, -0.1) is 0 Å². The number of anilines is 1. The number of para-hydroxylation sites is 1. The van der Waals surface area contributed by atoms with Gasteiger partial charge in [0.15, 0.2) is 5.65 Å². The lowest BCUT2D eigenvalue weighted by Gasteiger charge is -2.36. The Bertz CT molecular complexity index is 1370.